The summed E-state index contributed by atoms with van der Waals surface area (Å²) >= 11 is 5.41. The predicted molar refractivity (Wildman–Crippen MR) is 138 cm³/mol. The molecule has 18 heteroatoms. The fourth-order valence-electron chi connectivity index (χ4n) is 3.74. The molecule has 2 rings (SSSR count). The molecule has 41 heavy (non-hydrogen) atoms. The van der Waals surface area contributed by atoms with Gasteiger partial charge in [-0.1, -0.05) is 0 Å². The molecule has 0 radical (unpaired) electrons. The topological polar surface area (TPSA) is 153 Å². The van der Waals surface area contributed by atoms with Gasteiger partial charge in [0.25, 0.3) is 6.43 Å². The second-order valence-corrected chi connectivity index (χ2v) is 13.4. The van der Waals surface area contributed by atoms with E-state index in [0.717, 1.165) is 12.3 Å². The first-order valence-electron chi connectivity index (χ1n) is 12.5. The Hall–Kier alpha value is -2.01. The van der Waals surface area contributed by atoms with Gasteiger partial charge in [-0.05, 0) is 59.4 Å². The van der Waals surface area contributed by atoms with Crippen molar-refractivity contribution in [2.45, 2.75) is 103 Å². The second-order valence-electron chi connectivity index (χ2n) is 10.0. The lowest BCUT2D eigenvalue weighted by Crippen LogP contribution is -2.58. The summed E-state index contributed by atoms with van der Waals surface area (Å²) < 4.78 is 80.2. The van der Waals surface area contributed by atoms with Gasteiger partial charge in [0.1, 0.15) is 12.1 Å². The summed E-state index contributed by atoms with van der Waals surface area (Å²) in [7, 11) is 0. The van der Waals surface area contributed by atoms with Gasteiger partial charge >= 0.3 is 17.9 Å². The standard InChI is InChI=1S/C23H34F4N3O9PS/c1-11(2)37-19(34)13(5)28-40(41,29-14(6)20(35)38-12(3)4)36-10-22(21(24)25)23(26,27)17(33)18(39-22)30-8-7-15(31)9-16(30)32/h7-8,11-14,17-18,21,33H,9-10H2,1-6H3,(H2,28,29,41)/t13-,14-,17-,18+,22-/m0/s1. The number of hydrogen-bond donors (Lipinski definition) is 3. The van der Waals surface area contributed by atoms with E-state index in [0.29, 0.717) is 4.90 Å². The number of allylic oxidation sites excluding steroid dienone is 1. The molecule has 0 unspecified atom stereocenters. The molecule has 0 saturated carbocycles. The van der Waals surface area contributed by atoms with E-state index >= 15 is 8.78 Å². The smallest absolute Gasteiger partial charge is 0.323 e. The molecule has 3 N–H and O–H groups in total. The number of nitrogens with one attached hydrogen (secondary N) is 2. The molecule has 0 aromatic rings. The first kappa shape index (κ1) is 35.2. The Morgan fingerprint density at radius 1 is 1.10 bits per heavy atom. The lowest BCUT2D eigenvalue weighted by Gasteiger charge is -2.36. The molecule has 0 bridgehead atoms. The molecule has 1 amide bonds. The van der Waals surface area contributed by atoms with Gasteiger partial charge in [-0.25, -0.2) is 19.0 Å². The number of halogens is 4. The summed E-state index contributed by atoms with van der Waals surface area (Å²) in [4.78, 5) is 48.9. The van der Waals surface area contributed by atoms with Gasteiger partial charge in [-0.3, -0.25) is 24.1 Å². The van der Waals surface area contributed by atoms with Gasteiger partial charge in [0.05, 0.1) is 25.2 Å². The van der Waals surface area contributed by atoms with Gasteiger partial charge in [0.2, 0.25) is 11.5 Å². The van der Waals surface area contributed by atoms with Gasteiger partial charge < -0.3 is 23.8 Å². The SMILES string of the molecule is CC(C)OC(=O)[C@H](C)NP(=S)(N[C@@H](C)C(=O)OC(C)C)OC[C@@]1(C(F)F)O[C@@H](N2C=CC(=O)CC2=O)[C@H](O)C1(F)F. The van der Waals surface area contributed by atoms with Crippen molar-refractivity contribution in [2.24, 2.45) is 0 Å². The van der Waals surface area contributed by atoms with Crippen LogP contribution in [0, 0.1) is 0 Å². The van der Waals surface area contributed by atoms with E-state index < -0.39 is 97.8 Å². The van der Waals surface area contributed by atoms with Crippen LogP contribution in [0.4, 0.5) is 17.6 Å². The first-order valence-corrected chi connectivity index (χ1v) is 15.2. The van der Waals surface area contributed by atoms with E-state index in [9.17, 15) is 33.1 Å². The van der Waals surface area contributed by atoms with Crippen molar-refractivity contribution < 1.29 is 60.6 Å². The molecule has 2 heterocycles. The summed E-state index contributed by atoms with van der Waals surface area (Å²) in [5.41, 5.74) is -3.84. The normalized spacial score (nSPS) is 26.1. The number of esters is 2. The zero-order valence-electron chi connectivity index (χ0n) is 23.1. The van der Waals surface area contributed by atoms with E-state index in [1.807, 2.05) is 0 Å². The van der Waals surface area contributed by atoms with Gasteiger partial charge in [0.15, 0.2) is 24.7 Å². The number of alkyl halides is 4. The molecule has 2 aliphatic rings. The zero-order valence-corrected chi connectivity index (χ0v) is 24.8. The summed E-state index contributed by atoms with van der Waals surface area (Å²) in [6.07, 6.45) is -9.53. The average molecular weight is 636 g/mol. The van der Waals surface area contributed by atoms with Crippen molar-refractivity contribution in [3.8, 4) is 0 Å². The lowest BCUT2D eigenvalue weighted by atomic mass is 9.95. The highest BCUT2D eigenvalue weighted by atomic mass is 32.4. The molecule has 12 nitrogen and oxygen atoms in total. The van der Waals surface area contributed by atoms with Crippen LogP contribution in [0.1, 0.15) is 48.0 Å². The number of amides is 1. The van der Waals surface area contributed by atoms with E-state index in [2.05, 4.69) is 10.2 Å². The molecule has 5 atom stereocenters. The van der Waals surface area contributed by atoms with Crippen LogP contribution in [0.15, 0.2) is 12.3 Å². The van der Waals surface area contributed by atoms with Crippen LogP contribution in [0.3, 0.4) is 0 Å². The molecule has 0 aromatic heterocycles. The minimum Gasteiger partial charge on any atom is -0.462 e. The molecule has 0 spiro atoms. The second kappa shape index (κ2) is 13.5. The monoisotopic (exact) mass is 635 g/mol. The van der Waals surface area contributed by atoms with Crippen molar-refractivity contribution in [1.29, 1.82) is 0 Å². The van der Waals surface area contributed by atoms with Gasteiger partial charge in [-0.15, -0.1) is 0 Å². The van der Waals surface area contributed by atoms with Crippen molar-refractivity contribution in [1.82, 2.24) is 15.1 Å². The number of aliphatic hydroxyl groups is 1. The van der Waals surface area contributed by atoms with Crippen LogP contribution < -0.4 is 10.2 Å². The number of carbonyl (C=O) groups is 4. The van der Waals surface area contributed by atoms with Crippen LogP contribution in [0.5, 0.6) is 0 Å². The molecular formula is C23H34F4N3O9PS. The van der Waals surface area contributed by atoms with Crippen molar-refractivity contribution in [3.63, 3.8) is 0 Å². The van der Waals surface area contributed by atoms with Gasteiger partial charge in [-0.2, -0.15) is 8.78 Å². The average Bonchev–Trinajstić information content (AvgIpc) is 3.03. The Morgan fingerprint density at radius 3 is 2.00 bits per heavy atom. The van der Waals surface area contributed by atoms with Gasteiger partial charge in [0, 0.05) is 6.20 Å². The fourth-order valence-corrected chi connectivity index (χ4v) is 6.68. The van der Waals surface area contributed by atoms with E-state index in [-0.39, 0.29) is 0 Å². The molecule has 0 aliphatic carbocycles. The number of aliphatic hydroxyl groups excluding tert-OH is 1. The number of carbonyl (C=O) groups excluding carboxylic acids is 4. The van der Waals surface area contributed by atoms with Crippen molar-refractivity contribution in [3.05, 3.63) is 12.3 Å². The third kappa shape index (κ3) is 8.09. The number of hydrogen-bond acceptors (Lipinski definition) is 10. The predicted octanol–water partition coefficient (Wildman–Crippen LogP) is 1.76. The maximum Gasteiger partial charge on any atom is 0.323 e. The number of rotatable bonds is 13. The van der Waals surface area contributed by atoms with Crippen LogP contribution in [0.2, 0.25) is 0 Å². The number of ketones is 1. The molecule has 1 saturated heterocycles. The number of ether oxygens (including phenoxy) is 3. The van der Waals surface area contributed by atoms with Crippen molar-refractivity contribution >= 4 is 42.0 Å². The Morgan fingerprint density at radius 2 is 1.59 bits per heavy atom. The third-order valence-corrected chi connectivity index (χ3v) is 8.69. The summed E-state index contributed by atoms with van der Waals surface area (Å²) in [6.45, 7) is 3.11. The quantitative estimate of drug-likeness (QED) is 0.117. The maximum atomic E-state index is 15.4. The Bertz CT molecular complexity index is 1060. The highest BCUT2D eigenvalue weighted by molar-refractivity contribution is 8.10. The minimum atomic E-state index is -4.72. The largest absolute Gasteiger partial charge is 0.462 e. The van der Waals surface area contributed by atoms with E-state index in [1.54, 1.807) is 27.7 Å². The molecule has 234 valence electrons. The highest BCUT2D eigenvalue weighted by Gasteiger charge is 2.74. The van der Waals surface area contributed by atoms with E-state index in [4.69, 9.17) is 30.5 Å². The zero-order chi connectivity index (χ0) is 31.5. The molecule has 2 aliphatic heterocycles. The van der Waals surface area contributed by atoms with Crippen LogP contribution in [0.25, 0.3) is 0 Å². The summed E-state index contributed by atoms with van der Waals surface area (Å²) in [5, 5.41) is 15.4. The van der Waals surface area contributed by atoms with Crippen LogP contribution in [-0.2, 0) is 49.7 Å². The minimum absolute atomic E-state index is 0.421. The molecular weight excluding hydrogens is 601 g/mol. The summed E-state index contributed by atoms with van der Waals surface area (Å²) in [6, 6.07) is -2.52. The maximum absolute atomic E-state index is 15.4. The third-order valence-electron chi connectivity index (χ3n) is 5.80. The summed E-state index contributed by atoms with van der Waals surface area (Å²) in [5.74, 6) is -8.13. The Labute approximate surface area is 239 Å². The Kier molecular flexibility index (Phi) is 11.6. The molecule has 0 aromatic carbocycles. The van der Waals surface area contributed by atoms with Crippen molar-refractivity contribution in [2.75, 3.05) is 6.61 Å². The number of nitrogens with zero attached hydrogens (tertiary/aromatic N) is 1. The van der Waals surface area contributed by atoms with E-state index in [1.165, 1.54) is 13.8 Å². The first-order chi connectivity index (χ1) is 18.8. The highest BCUT2D eigenvalue weighted by Crippen LogP contribution is 2.52. The molecule has 1 fully saturated rings. The lowest BCUT2D eigenvalue weighted by molar-refractivity contribution is -0.242. The van der Waals surface area contributed by atoms with Crippen LogP contribution in [-0.4, -0.2) is 94.8 Å². The Balaban J connectivity index is 2.41. The van der Waals surface area contributed by atoms with Crippen LogP contribution >= 0.6 is 6.57 Å². The fraction of sp³-hybridized carbons (Fsp3) is 0.739.